The molecule has 2 fully saturated rings. The van der Waals surface area contributed by atoms with Crippen molar-refractivity contribution in [3.63, 3.8) is 0 Å². The van der Waals surface area contributed by atoms with Crippen molar-refractivity contribution in [2.45, 2.75) is 57.9 Å². The summed E-state index contributed by atoms with van der Waals surface area (Å²) < 4.78 is 64.5. The molecule has 5 rings (SSSR count). The van der Waals surface area contributed by atoms with E-state index in [1.807, 2.05) is 0 Å². The summed E-state index contributed by atoms with van der Waals surface area (Å²) in [5, 5.41) is 2.19. The largest absolute Gasteiger partial charge is 0.467 e. The molecule has 0 atom stereocenters. The second kappa shape index (κ2) is 13.2. The van der Waals surface area contributed by atoms with Gasteiger partial charge in [-0.2, -0.15) is 13.2 Å². The van der Waals surface area contributed by atoms with E-state index < -0.39 is 59.0 Å². The van der Waals surface area contributed by atoms with Gasteiger partial charge in [0.05, 0.1) is 24.3 Å². The highest BCUT2D eigenvalue weighted by atomic mass is 19.4. The number of halogens is 4. The van der Waals surface area contributed by atoms with Gasteiger partial charge in [-0.1, -0.05) is 26.3 Å². The number of amides is 5. The molecule has 10 nitrogen and oxygen atoms in total. The fourth-order valence-electron chi connectivity index (χ4n) is 5.38. The highest BCUT2D eigenvalue weighted by molar-refractivity contribution is 6.16. The van der Waals surface area contributed by atoms with Crippen molar-refractivity contribution in [2.24, 2.45) is 0 Å². The van der Waals surface area contributed by atoms with Gasteiger partial charge in [0.15, 0.2) is 6.79 Å². The van der Waals surface area contributed by atoms with Gasteiger partial charge in [-0.05, 0) is 49.6 Å². The topological polar surface area (TPSA) is 108 Å². The van der Waals surface area contributed by atoms with Crippen molar-refractivity contribution >= 4 is 29.4 Å². The molecule has 1 aliphatic carbocycles. The van der Waals surface area contributed by atoms with Crippen LogP contribution in [-0.4, -0.2) is 78.7 Å². The molecule has 0 radical (unpaired) electrons. The number of rotatable bonds is 4. The minimum absolute atomic E-state index is 0.0626. The van der Waals surface area contributed by atoms with Gasteiger partial charge < -0.3 is 19.7 Å². The Morgan fingerprint density at radius 2 is 1.77 bits per heavy atom. The SMILES string of the molecule is CCC.CN1C(=O)N(c2ccc3c(c2)COCO3)C2(CCN(C(=O)CNC(=O)C3=CC(C(F)(F)F)=CCC=C3F)CC2)C1=O. The van der Waals surface area contributed by atoms with Crippen LogP contribution in [0, 0.1) is 0 Å². The maximum atomic E-state index is 14.3. The van der Waals surface area contributed by atoms with E-state index >= 15 is 0 Å². The summed E-state index contributed by atoms with van der Waals surface area (Å²) in [5.41, 5.74) is -2.04. The van der Waals surface area contributed by atoms with E-state index in [-0.39, 0.29) is 45.8 Å². The second-order valence-corrected chi connectivity index (χ2v) is 10.7. The fraction of sp³-hybridized carbons (Fsp3) is 0.467. The molecule has 1 N–H and O–H groups in total. The van der Waals surface area contributed by atoms with Crippen LogP contribution < -0.4 is 15.0 Å². The predicted molar refractivity (Wildman–Crippen MR) is 151 cm³/mol. The van der Waals surface area contributed by atoms with Crippen LogP contribution >= 0.6 is 0 Å². The average Bonchev–Trinajstić information content (AvgIpc) is 3.12. The molecule has 238 valence electrons. The zero-order valence-corrected chi connectivity index (χ0v) is 24.6. The molecule has 0 unspecified atom stereocenters. The number of likely N-dealkylation sites (tertiary alicyclic amines) is 1. The number of hydrogen-bond acceptors (Lipinski definition) is 6. The fourth-order valence-corrected chi connectivity index (χ4v) is 5.38. The van der Waals surface area contributed by atoms with E-state index in [0.29, 0.717) is 17.5 Å². The molecule has 44 heavy (non-hydrogen) atoms. The summed E-state index contributed by atoms with van der Waals surface area (Å²) in [6, 6.07) is 4.59. The first-order chi connectivity index (χ1) is 20.8. The zero-order chi connectivity index (χ0) is 32.2. The van der Waals surface area contributed by atoms with Crippen LogP contribution in [0.5, 0.6) is 5.75 Å². The minimum Gasteiger partial charge on any atom is -0.467 e. The maximum Gasteiger partial charge on any atom is 0.416 e. The zero-order valence-electron chi connectivity index (χ0n) is 24.6. The molecule has 0 bridgehead atoms. The molecule has 2 saturated heterocycles. The van der Waals surface area contributed by atoms with Gasteiger partial charge in [-0.3, -0.25) is 24.2 Å². The molecule has 3 heterocycles. The number of carbonyl (C=O) groups excluding carboxylic acids is 4. The van der Waals surface area contributed by atoms with Crippen LogP contribution in [0.2, 0.25) is 0 Å². The molecule has 4 aliphatic rings. The molecular weight excluding hydrogens is 588 g/mol. The van der Waals surface area contributed by atoms with E-state index in [9.17, 15) is 36.7 Å². The first-order valence-electron chi connectivity index (χ1n) is 14.2. The van der Waals surface area contributed by atoms with Crippen molar-refractivity contribution in [1.82, 2.24) is 15.1 Å². The summed E-state index contributed by atoms with van der Waals surface area (Å²) in [4.78, 5) is 55.7. The number of allylic oxidation sites excluding steroid dienone is 4. The Morgan fingerprint density at radius 3 is 2.43 bits per heavy atom. The molecule has 0 aromatic heterocycles. The third-order valence-corrected chi connectivity index (χ3v) is 7.57. The number of hydrogen-bond donors (Lipinski definition) is 1. The molecule has 1 aromatic carbocycles. The number of carbonyl (C=O) groups is 4. The van der Waals surface area contributed by atoms with Crippen molar-refractivity contribution in [3.05, 3.63) is 59.0 Å². The Kier molecular flexibility index (Phi) is 9.81. The van der Waals surface area contributed by atoms with Crippen LogP contribution in [-0.2, 0) is 25.7 Å². The van der Waals surface area contributed by atoms with E-state index in [4.69, 9.17) is 9.47 Å². The van der Waals surface area contributed by atoms with Crippen molar-refractivity contribution in [1.29, 1.82) is 0 Å². The van der Waals surface area contributed by atoms with Crippen molar-refractivity contribution in [2.75, 3.05) is 38.4 Å². The number of likely N-dealkylation sites (N-methyl/N-ethyl adjacent to an activating group) is 1. The third-order valence-electron chi connectivity index (χ3n) is 7.57. The highest BCUT2D eigenvalue weighted by Crippen LogP contribution is 2.42. The molecule has 1 aromatic rings. The van der Waals surface area contributed by atoms with E-state index in [0.717, 1.165) is 22.6 Å². The van der Waals surface area contributed by atoms with Gasteiger partial charge in [0.2, 0.25) is 5.91 Å². The number of nitrogens with one attached hydrogen (secondary N) is 1. The number of imide groups is 1. The van der Waals surface area contributed by atoms with Gasteiger partial charge in [0, 0.05) is 31.4 Å². The summed E-state index contributed by atoms with van der Waals surface area (Å²) in [5.74, 6) is -2.66. The number of anilines is 1. The lowest BCUT2D eigenvalue weighted by atomic mass is 9.85. The van der Waals surface area contributed by atoms with Gasteiger partial charge in [0.25, 0.3) is 11.8 Å². The normalized spacial score (nSPS) is 19.6. The number of urea groups is 1. The van der Waals surface area contributed by atoms with E-state index in [1.54, 1.807) is 18.2 Å². The quantitative estimate of drug-likeness (QED) is 0.391. The Labute approximate surface area is 251 Å². The van der Waals surface area contributed by atoms with E-state index in [2.05, 4.69) is 19.2 Å². The lowest BCUT2D eigenvalue weighted by Crippen LogP contribution is -2.58. The second-order valence-electron chi connectivity index (χ2n) is 10.7. The standard InChI is InChI=1S/C27H26F4N4O6.C3H8/c1-33-24(38)26(35(25(33)39)18-5-6-21-16(11-18)14-40-15-41-21)7-9-34(10-8-26)22(36)13-32-23(37)19-12-17(27(29,30)31)3-2-4-20(19)28;1-3-2/h3-6,11-12H,2,7-10,13-15H2,1H3,(H,32,37);3H2,1-2H3. The van der Waals surface area contributed by atoms with E-state index in [1.165, 1.54) is 23.3 Å². The Balaban J connectivity index is 0.00000141. The number of ether oxygens (including phenoxy) is 2. The number of alkyl halides is 3. The Bertz CT molecular complexity index is 1410. The number of benzene rings is 1. The summed E-state index contributed by atoms with van der Waals surface area (Å²) in [6.07, 6.45) is -1.64. The van der Waals surface area contributed by atoms with Gasteiger partial charge in [-0.25, -0.2) is 9.18 Å². The first-order valence-corrected chi connectivity index (χ1v) is 14.2. The molecule has 5 amide bonds. The van der Waals surface area contributed by atoms with Crippen molar-refractivity contribution < 1.29 is 46.2 Å². The summed E-state index contributed by atoms with van der Waals surface area (Å²) >= 11 is 0. The van der Waals surface area contributed by atoms with Crippen LogP contribution in [0.4, 0.5) is 28.0 Å². The first kappa shape index (κ1) is 32.7. The van der Waals surface area contributed by atoms with Crippen LogP contribution in [0.25, 0.3) is 0 Å². The average molecular weight is 623 g/mol. The molecule has 0 saturated carbocycles. The van der Waals surface area contributed by atoms with Crippen LogP contribution in [0.1, 0.15) is 45.1 Å². The number of fused-ring (bicyclic) bond motifs is 1. The smallest absolute Gasteiger partial charge is 0.416 e. The Hall–Kier alpha value is -4.20. The third kappa shape index (κ3) is 6.49. The lowest BCUT2D eigenvalue weighted by molar-refractivity contribution is -0.137. The van der Waals surface area contributed by atoms with Crippen LogP contribution in [0.3, 0.4) is 0 Å². The molecule has 3 aliphatic heterocycles. The van der Waals surface area contributed by atoms with Crippen molar-refractivity contribution in [3.8, 4) is 5.75 Å². The summed E-state index contributed by atoms with van der Waals surface area (Å²) in [7, 11) is 1.39. The molecular formula is C30H34F4N4O6. The molecule has 14 heteroatoms. The lowest BCUT2D eigenvalue weighted by Gasteiger charge is -2.42. The summed E-state index contributed by atoms with van der Waals surface area (Å²) in [6.45, 7) is 4.17. The number of nitrogens with zero attached hydrogens (tertiary/aromatic N) is 3. The van der Waals surface area contributed by atoms with Crippen LogP contribution in [0.15, 0.2) is 53.4 Å². The number of piperidine rings is 1. The van der Waals surface area contributed by atoms with Gasteiger partial charge in [-0.15, -0.1) is 0 Å². The van der Waals surface area contributed by atoms with Gasteiger partial charge >= 0.3 is 12.2 Å². The monoisotopic (exact) mass is 622 g/mol. The predicted octanol–water partition coefficient (Wildman–Crippen LogP) is 4.52. The maximum absolute atomic E-state index is 14.3. The van der Waals surface area contributed by atoms with Gasteiger partial charge in [0.1, 0.15) is 17.1 Å². The Morgan fingerprint density at radius 1 is 1.09 bits per heavy atom. The molecule has 1 spiro atoms. The minimum atomic E-state index is -4.77. The highest BCUT2D eigenvalue weighted by Gasteiger charge is 2.58.